The van der Waals surface area contributed by atoms with Gasteiger partial charge in [0.15, 0.2) is 6.29 Å². The lowest BCUT2D eigenvalue weighted by Crippen LogP contribution is -2.60. The molecule has 0 aromatic carbocycles. The first-order valence-corrected chi connectivity index (χ1v) is 35.6. The van der Waals surface area contributed by atoms with E-state index in [1.165, 1.54) is 276 Å². The monoisotopic (exact) mass is 1150 g/mol. The quantitative estimate of drug-likeness (QED) is 0.0215. The lowest BCUT2D eigenvalue weighted by Gasteiger charge is -2.40. The largest absolute Gasteiger partial charge is 0.394 e. The summed E-state index contributed by atoms with van der Waals surface area (Å²) in [4.78, 5) is 13.2. The van der Waals surface area contributed by atoms with Crippen LogP contribution in [0.3, 0.4) is 0 Å². The minimum atomic E-state index is -1.66. The summed E-state index contributed by atoms with van der Waals surface area (Å²) >= 11 is 0. The molecule has 0 bridgehead atoms. The van der Waals surface area contributed by atoms with Gasteiger partial charge in [-0.1, -0.05) is 334 Å². The highest BCUT2D eigenvalue weighted by atomic mass is 16.7. The molecular weight excluding hydrogens is 1010 g/mol. The molecule has 1 aliphatic heterocycles. The summed E-state index contributed by atoms with van der Waals surface area (Å²) in [5.74, 6) is -0.693. The minimum absolute atomic E-state index is 0.258. The molecule has 0 aromatic rings. The van der Waals surface area contributed by atoms with Gasteiger partial charge in [-0.3, -0.25) is 4.79 Å². The van der Waals surface area contributed by atoms with Gasteiger partial charge in [0.25, 0.3) is 0 Å². The Kier molecular flexibility index (Phi) is 56.9. The van der Waals surface area contributed by atoms with Crippen LogP contribution < -0.4 is 5.32 Å². The van der Waals surface area contributed by atoms with Crippen molar-refractivity contribution in [1.82, 2.24) is 5.32 Å². The third kappa shape index (κ3) is 46.7. The molecule has 0 aromatic heterocycles. The molecule has 1 aliphatic rings. The average molecular weight is 1150 g/mol. The third-order valence-electron chi connectivity index (χ3n) is 17.6. The molecule has 11 heteroatoms. The van der Waals surface area contributed by atoms with E-state index < -0.39 is 74.2 Å². The van der Waals surface area contributed by atoms with Gasteiger partial charge < -0.3 is 50.5 Å². The van der Waals surface area contributed by atoms with Crippen LogP contribution in [0, 0.1) is 0 Å². The number of amides is 1. The molecule has 1 fully saturated rings. The number of carbonyl (C=O) groups is 1. The van der Waals surface area contributed by atoms with E-state index in [2.05, 4.69) is 31.3 Å². The zero-order valence-corrected chi connectivity index (χ0v) is 53.3. The Labute approximate surface area is 500 Å². The summed E-state index contributed by atoms with van der Waals surface area (Å²) in [6.07, 6.45) is 61.5. The Balaban J connectivity index is 2.18. The average Bonchev–Trinajstić information content (AvgIpc) is 3.51. The van der Waals surface area contributed by atoms with E-state index in [9.17, 15) is 40.5 Å². The lowest BCUT2D eigenvalue weighted by atomic mass is 9.98. The topological polar surface area (TPSA) is 189 Å². The van der Waals surface area contributed by atoms with Gasteiger partial charge in [0.05, 0.1) is 25.4 Å². The second kappa shape index (κ2) is 59.2. The maximum Gasteiger partial charge on any atom is 0.249 e. The van der Waals surface area contributed by atoms with E-state index in [0.717, 1.165) is 44.9 Å². The summed E-state index contributed by atoms with van der Waals surface area (Å²) in [6.45, 7) is 3.52. The number of aliphatic hydroxyl groups excluding tert-OH is 7. The van der Waals surface area contributed by atoms with Gasteiger partial charge >= 0.3 is 0 Å². The van der Waals surface area contributed by atoms with E-state index in [-0.39, 0.29) is 6.42 Å². The smallest absolute Gasteiger partial charge is 0.249 e. The van der Waals surface area contributed by atoms with Gasteiger partial charge in [-0.25, -0.2) is 0 Å². The highest BCUT2D eigenvalue weighted by molar-refractivity contribution is 5.80. The Hall–Kier alpha value is -1.15. The molecule has 0 aliphatic carbocycles. The first-order chi connectivity index (χ1) is 39.7. The number of hydrogen-bond donors (Lipinski definition) is 8. The SMILES string of the molecule is CCCCCCCCCCCCCC/C=C\CCCCCCCCCC(O)C(=O)NC(COC1OC(CO)C(O)C(O)C1O)C(O)C(O)CCCCCCCCCCCCCCCCCCCCCCCCCCCCCCCCC. The number of carbonyl (C=O) groups excluding carboxylic acids is 1. The number of rotatable bonds is 63. The van der Waals surface area contributed by atoms with Crippen LogP contribution >= 0.6 is 0 Å². The highest BCUT2D eigenvalue weighted by Gasteiger charge is 2.44. The van der Waals surface area contributed by atoms with E-state index in [0.29, 0.717) is 19.3 Å². The standard InChI is InChI=1S/C70H137NO10/c1-3-5-7-9-11-13-15-17-19-21-23-25-27-28-29-30-31-32-33-34-36-37-39-41-43-45-47-49-51-53-55-57-62(73)65(75)61(60-80-70-68(78)67(77)66(76)64(59-72)81-70)71-69(79)63(74)58-56-54-52-50-48-46-44-42-40-38-35-26-24-22-20-18-16-14-12-10-8-6-4-2/h38,40,61-68,70,72-78H,3-37,39,41-60H2,1-2H3,(H,71,79)/b40-38-. The predicted molar refractivity (Wildman–Crippen MR) is 339 cm³/mol. The van der Waals surface area contributed by atoms with Gasteiger partial charge in [0.1, 0.15) is 36.6 Å². The van der Waals surface area contributed by atoms with Crippen molar-refractivity contribution < 1.29 is 50.0 Å². The maximum atomic E-state index is 13.2. The number of nitrogens with one attached hydrogen (secondary N) is 1. The highest BCUT2D eigenvalue weighted by Crippen LogP contribution is 2.24. The summed E-state index contributed by atoms with van der Waals surface area (Å²) < 4.78 is 11.2. The van der Waals surface area contributed by atoms with Crippen molar-refractivity contribution in [3.8, 4) is 0 Å². The summed E-state index contributed by atoms with van der Waals surface area (Å²) in [6, 6.07) is -1.17. The number of hydrogen-bond acceptors (Lipinski definition) is 10. The molecule has 1 heterocycles. The summed E-state index contributed by atoms with van der Waals surface area (Å²) in [5, 5.41) is 76.5. The first-order valence-electron chi connectivity index (χ1n) is 35.6. The van der Waals surface area contributed by atoms with Crippen molar-refractivity contribution in [3.05, 3.63) is 12.2 Å². The Bertz CT molecular complexity index is 1320. The van der Waals surface area contributed by atoms with Crippen molar-refractivity contribution in [2.24, 2.45) is 0 Å². The molecule has 0 radical (unpaired) electrons. The van der Waals surface area contributed by atoms with E-state index in [4.69, 9.17) is 9.47 Å². The summed E-state index contributed by atoms with van der Waals surface area (Å²) in [5.41, 5.74) is 0. The molecule has 1 saturated heterocycles. The van der Waals surface area contributed by atoms with Crippen LogP contribution in [-0.4, -0.2) is 110 Å². The number of aliphatic hydroxyl groups is 7. The molecule has 9 atom stereocenters. The van der Waals surface area contributed by atoms with Gasteiger partial charge in [0.2, 0.25) is 5.91 Å². The lowest BCUT2D eigenvalue weighted by molar-refractivity contribution is -0.303. The van der Waals surface area contributed by atoms with Crippen LogP contribution in [0.15, 0.2) is 12.2 Å². The minimum Gasteiger partial charge on any atom is -0.394 e. The zero-order valence-electron chi connectivity index (χ0n) is 53.3. The molecule has 81 heavy (non-hydrogen) atoms. The van der Waals surface area contributed by atoms with Gasteiger partial charge in [-0.2, -0.15) is 0 Å². The van der Waals surface area contributed by atoms with Crippen molar-refractivity contribution in [2.75, 3.05) is 13.2 Å². The van der Waals surface area contributed by atoms with Crippen molar-refractivity contribution in [3.63, 3.8) is 0 Å². The molecular formula is C70H137NO10. The normalized spacial score (nSPS) is 19.1. The van der Waals surface area contributed by atoms with Crippen LogP contribution in [0.4, 0.5) is 0 Å². The first kappa shape index (κ1) is 77.9. The van der Waals surface area contributed by atoms with Crippen molar-refractivity contribution in [1.29, 1.82) is 0 Å². The molecule has 9 unspecified atom stereocenters. The molecule has 1 rings (SSSR count). The van der Waals surface area contributed by atoms with E-state index in [1.54, 1.807) is 0 Å². The fourth-order valence-electron chi connectivity index (χ4n) is 11.9. The fraction of sp³-hybridized carbons (Fsp3) is 0.957. The Morgan fingerprint density at radius 2 is 0.716 bits per heavy atom. The van der Waals surface area contributed by atoms with Gasteiger partial charge in [-0.05, 0) is 38.5 Å². The molecule has 0 spiro atoms. The van der Waals surface area contributed by atoms with Crippen LogP contribution in [0.2, 0.25) is 0 Å². The number of unbranched alkanes of at least 4 members (excludes halogenated alkanes) is 49. The predicted octanol–water partition coefficient (Wildman–Crippen LogP) is 17.0. The van der Waals surface area contributed by atoms with Crippen molar-refractivity contribution in [2.45, 2.75) is 416 Å². The number of allylic oxidation sites excluding steroid dienone is 2. The van der Waals surface area contributed by atoms with Crippen molar-refractivity contribution >= 4 is 5.91 Å². The second-order valence-corrected chi connectivity index (χ2v) is 25.3. The molecule has 482 valence electrons. The van der Waals surface area contributed by atoms with E-state index >= 15 is 0 Å². The van der Waals surface area contributed by atoms with Crippen LogP contribution in [0.1, 0.15) is 361 Å². The molecule has 1 amide bonds. The Morgan fingerprint density at radius 1 is 0.420 bits per heavy atom. The zero-order chi connectivity index (χ0) is 58.9. The third-order valence-corrected chi connectivity index (χ3v) is 17.6. The van der Waals surface area contributed by atoms with E-state index in [1.807, 2.05) is 0 Å². The summed E-state index contributed by atoms with van der Waals surface area (Å²) in [7, 11) is 0. The number of ether oxygens (including phenoxy) is 2. The molecule has 0 saturated carbocycles. The second-order valence-electron chi connectivity index (χ2n) is 25.3. The molecule has 8 N–H and O–H groups in total. The van der Waals surface area contributed by atoms with Gasteiger partial charge in [0, 0.05) is 0 Å². The molecule has 11 nitrogen and oxygen atoms in total. The maximum absolute atomic E-state index is 13.2. The Morgan fingerprint density at radius 3 is 1.04 bits per heavy atom. The van der Waals surface area contributed by atoms with Gasteiger partial charge in [-0.15, -0.1) is 0 Å². The van der Waals surface area contributed by atoms with Crippen LogP contribution in [0.5, 0.6) is 0 Å². The van der Waals surface area contributed by atoms with Crippen LogP contribution in [-0.2, 0) is 14.3 Å². The van der Waals surface area contributed by atoms with Crippen LogP contribution in [0.25, 0.3) is 0 Å². The fourth-order valence-corrected chi connectivity index (χ4v) is 11.9.